The minimum absolute atomic E-state index is 0.0399. The van der Waals surface area contributed by atoms with Crippen LogP contribution in [0.3, 0.4) is 0 Å². The molecule has 3 atom stereocenters. The molecular formula is C18H25ClN4O3. The molecule has 2 amide bonds. The fourth-order valence-corrected chi connectivity index (χ4v) is 3.74. The van der Waals surface area contributed by atoms with Gasteiger partial charge in [-0.1, -0.05) is 23.7 Å². The SMILES string of the molecule is COCCCN1CC(C(=O)NCc2ccc(Cl)cc2)C2NNC(=O)C2C1. The average molecular weight is 381 g/mol. The maximum absolute atomic E-state index is 12.8. The number of benzene rings is 1. The van der Waals surface area contributed by atoms with E-state index in [4.69, 9.17) is 16.3 Å². The van der Waals surface area contributed by atoms with E-state index in [9.17, 15) is 9.59 Å². The third-order valence-electron chi connectivity index (χ3n) is 5.02. The number of rotatable bonds is 7. The Labute approximate surface area is 158 Å². The summed E-state index contributed by atoms with van der Waals surface area (Å²) in [5.41, 5.74) is 6.67. The number of ether oxygens (including phenoxy) is 1. The number of methoxy groups -OCH3 is 1. The van der Waals surface area contributed by atoms with Gasteiger partial charge in [-0.15, -0.1) is 0 Å². The quantitative estimate of drug-likeness (QED) is 0.601. The van der Waals surface area contributed by atoms with Crippen molar-refractivity contribution in [3.8, 4) is 0 Å². The summed E-state index contributed by atoms with van der Waals surface area (Å²) in [5.74, 6) is -0.586. The summed E-state index contributed by atoms with van der Waals surface area (Å²) in [4.78, 5) is 27.1. The van der Waals surface area contributed by atoms with Gasteiger partial charge in [0, 0.05) is 44.9 Å². The van der Waals surface area contributed by atoms with Crippen molar-refractivity contribution in [2.45, 2.75) is 19.0 Å². The number of nitrogens with one attached hydrogen (secondary N) is 3. The molecule has 3 unspecified atom stereocenters. The molecule has 8 heteroatoms. The molecule has 2 fully saturated rings. The second kappa shape index (κ2) is 8.81. The first kappa shape index (κ1) is 19.1. The number of hydrazine groups is 1. The van der Waals surface area contributed by atoms with Crippen LogP contribution in [0, 0.1) is 11.8 Å². The van der Waals surface area contributed by atoms with Gasteiger partial charge in [0.05, 0.1) is 17.9 Å². The number of carbonyl (C=O) groups excluding carboxylic acids is 2. The zero-order valence-electron chi connectivity index (χ0n) is 14.8. The highest BCUT2D eigenvalue weighted by Crippen LogP contribution is 2.26. The lowest BCUT2D eigenvalue weighted by Gasteiger charge is -2.38. The molecule has 0 radical (unpaired) electrons. The van der Waals surface area contributed by atoms with Crippen molar-refractivity contribution in [2.24, 2.45) is 11.8 Å². The van der Waals surface area contributed by atoms with Crippen molar-refractivity contribution >= 4 is 23.4 Å². The molecule has 0 bridgehead atoms. The standard InChI is InChI=1S/C18H25ClN4O3/c1-26-8-2-7-23-10-14(16-15(11-23)18(25)22-21-16)17(24)20-9-12-3-5-13(19)6-4-12/h3-6,14-16,21H,2,7-11H2,1H3,(H,20,24)(H,22,25). The van der Waals surface area contributed by atoms with Crippen molar-refractivity contribution in [1.82, 2.24) is 21.1 Å². The first-order chi connectivity index (χ1) is 12.6. The lowest BCUT2D eigenvalue weighted by molar-refractivity contribution is -0.130. The second-order valence-electron chi connectivity index (χ2n) is 6.82. The van der Waals surface area contributed by atoms with Crippen LogP contribution in [0.15, 0.2) is 24.3 Å². The summed E-state index contributed by atoms with van der Waals surface area (Å²) in [6, 6.07) is 7.22. The van der Waals surface area contributed by atoms with Gasteiger partial charge in [0.1, 0.15) is 0 Å². The van der Waals surface area contributed by atoms with Gasteiger partial charge in [0.15, 0.2) is 0 Å². The Bertz CT molecular complexity index is 640. The van der Waals surface area contributed by atoms with Crippen LogP contribution in [-0.4, -0.2) is 56.1 Å². The molecule has 1 aromatic rings. The highest BCUT2D eigenvalue weighted by molar-refractivity contribution is 6.30. The predicted molar refractivity (Wildman–Crippen MR) is 98.3 cm³/mol. The molecule has 2 aliphatic rings. The molecule has 1 aromatic carbocycles. The van der Waals surface area contributed by atoms with Crippen LogP contribution < -0.4 is 16.2 Å². The first-order valence-corrected chi connectivity index (χ1v) is 9.25. The first-order valence-electron chi connectivity index (χ1n) is 8.87. The molecule has 142 valence electrons. The molecule has 0 spiro atoms. The number of halogens is 1. The zero-order chi connectivity index (χ0) is 18.5. The molecular weight excluding hydrogens is 356 g/mol. The van der Waals surface area contributed by atoms with E-state index in [2.05, 4.69) is 21.1 Å². The Morgan fingerprint density at radius 3 is 2.85 bits per heavy atom. The van der Waals surface area contributed by atoms with Crippen LogP contribution in [0.4, 0.5) is 0 Å². The van der Waals surface area contributed by atoms with Gasteiger partial charge in [-0.2, -0.15) is 0 Å². The number of hydrogen-bond acceptors (Lipinski definition) is 5. The van der Waals surface area contributed by atoms with E-state index < -0.39 is 0 Å². The smallest absolute Gasteiger partial charge is 0.240 e. The van der Waals surface area contributed by atoms with E-state index in [1.54, 1.807) is 19.2 Å². The fraction of sp³-hybridized carbons (Fsp3) is 0.556. The van der Waals surface area contributed by atoms with E-state index in [-0.39, 0.29) is 29.7 Å². The Morgan fingerprint density at radius 2 is 2.12 bits per heavy atom. The zero-order valence-corrected chi connectivity index (χ0v) is 15.6. The van der Waals surface area contributed by atoms with E-state index in [1.807, 2.05) is 12.1 Å². The molecule has 0 saturated carbocycles. The summed E-state index contributed by atoms with van der Waals surface area (Å²) in [6.07, 6.45) is 0.877. The summed E-state index contributed by atoms with van der Waals surface area (Å²) < 4.78 is 5.10. The molecule has 2 heterocycles. The summed E-state index contributed by atoms with van der Waals surface area (Å²) in [6.45, 7) is 3.20. The Balaban J connectivity index is 1.61. The number of hydrogen-bond donors (Lipinski definition) is 3. The third kappa shape index (κ3) is 4.54. The van der Waals surface area contributed by atoms with Crippen LogP contribution in [-0.2, 0) is 20.9 Å². The number of carbonyl (C=O) groups is 2. The van der Waals surface area contributed by atoms with E-state index in [1.165, 1.54) is 0 Å². The van der Waals surface area contributed by atoms with E-state index in [0.29, 0.717) is 31.3 Å². The van der Waals surface area contributed by atoms with E-state index >= 15 is 0 Å². The maximum atomic E-state index is 12.8. The number of piperidine rings is 1. The Morgan fingerprint density at radius 1 is 1.35 bits per heavy atom. The lowest BCUT2D eigenvalue weighted by atomic mass is 9.84. The van der Waals surface area contributed by atoms with E-state index in [0.717, 1.165) is 18.5 Å². The Kier molecular flexibility index (Phi) is 6.48. The fourth-order valence-electron chi connectivity index (χ4n) is 3.62. The molecule has 0 aromatic heterocycles. The van der Waals surface area contributed by atoms with Crippen molar-refractivity contribution < 1.29 is 14.3 Å². The van der Waals surface area contributed by atoms with Crippen molar-refractivity contribution in [1.29, 1.82) is 0 Å². The van der Waals surface area contributed by atoms with Gasteiger partial charge < -0.3 is 15.0 Å². The molecule has 3 rings (SSSR count). The van der Waals surface area contributed by atoms with Gasteiger partial charge >= 0.3 is 0 Å². The number of fused-ring (bicyclic) bond motifs is 1. The molecule has 2 aliphatic heterocycles. The van der Waals surface area contributed by atoms with Gasteiger partial charge in [-0.3, -0.25) is 15.0 Å². The highest BCUT2D eigenvalue weighted by atomic mass is 35.5. The number of amides is 2. The summed E-state index contributed by atoms with van der Waals surface area (Å²) in [5, 5.41) is 3.66. The van der Waals surface area contributed by atoms with Crippen LogP contribution in [0.1, 0.15) is 12.0 Å². The summed E-state index contributed by atoms with van der Waals surface area (Å²) in [7, 11) is 1.67. The van der Waals surface area contributed by atoms with Crippen LogP contribution in [0.25, 0.3) is 0 Å². The van der Waals surface area contributed by atoms with Crippen molar-refractivity contribution in [3.63, 3.8) is 0 Å². The van der Waals surface area contributed by atoms with Crippen molar-refractivity contribution in [3.05, 3.63) is 34.9 Å². The topological polar surface area (TPSA) is 82.7 Å². The van der Waals surface area contributed by atoms with Crippen LogP contribution in [0.5, 0.6) is 0 Å². The third-order valence-corrected chi connectivity index (χ3v) is 5.27. The number of likely N-dealkylation sites (tertiary alicyclic amines) is 1. The maximum Gasteiger partial charge on any atom is 0.240 e. The van der Waals surface area contributed by atoms with Gasteiger partial charge in [0.25, 0.3) is 0 Å². The Hall–Kier alpha value is -1.67. The minimum Gasteiger partial charge on any atom is -0.385 e. The molecule has 3 N–H and O–H groups in total. The highest BCUT2D eigenvalue weighted by Gasteiger charge is 2.47. The van der Waals surface area contributed by atoms with Gasteiger partial charge in [-0.25, -0.2) is 5.43 Å². The summed E-state index contributed by atoms with van der Waals surface area (Å²) >= 11 is 5.89. The number of nitrogens with zero attached hydrogens (tertiary/aromatic N) is 1. The van der Waals surface area contributed by atoms with Crippen LogP contribution in [0.2, 0.25) is 5.02 Å². The molecule has 2 saturated heterocycles. The normalized spacial score (nSPS) is 25.6. The monoisotopic (exact) mass is 380 g/mol. The van der Waals surface area contributed by atoms with Gasteiger partial charge in [0.2, 0.25) is 11.8 Å². The molecule has 0 aliphatic carbocycles. The van der Waals surface area contributed by atoms with Gasteiger partial charge in [-0.05, 0) is 24.1 Å². The largest absolute Gasteiger partial charge is 0.385 e. The van der Waals surface area contributed by atoms with Crippen LogP contribution >= 0.6 is 11.6 Å². The van der Waals surface area contributed by atoms with Crippen molar-refractivity contribution in [2.75, 3.05) is 33.4 Å². The minimum atomic E-state index is -0.289. The molecule has 7 nitrogen and oxygen atoms in total. The average Bonchev–Trinajstić information content (AvgIpc) is 3.02. The predicted octanol–water partition coefficient (Wildman–Crippen LogP) is 0.544. The second-order valence-corrected chi connectivity index (χ2v) is 7.26. The lowest BCUT2D eigenvalue weighted by Crippen LogP contribution is -2.57. The molecule has 26 heavy (non-hydrogen) atoms.